The van der Waals surface area contributed by atoms with Crippen LogP contribution < -0.4 is 0 Å². The summed E-state index contributed by atoms with van der Waals surface area (Å²) in [5.74, 6) is 0. The van der Waals surface area contributed by atoms with E-state index in [2.05, 4.69) is 0 Å². The van der Waals surface area contributed by atoms with Crippen LogP contribution in [0.5, 0.6) is 0 Å². The van der Waals surface area contributed by atoms with E-state index in [1.54, 1.807) is 14.0 Å². The van der Waals surface area contributed by atoms with Crippen molar-refractivity contribution in [2.75, 3.05) is 33.7 Å². The van der Waals surface area contributed by atoms with Crippen LogP contribution in [0.15, 0.2) is 0 Å². The molecule has 2 aliphatic heterocycles. The summed E-state index contributed by atoms with van der Waals surface area (Å²) < 4.78 is 37.4. The van der Waals surface area contributed by atoms with E-state index in [4.69, 9.17) is 32.3 Å². The highest BCUT2D eigenvalue weighted by molar-refractivity contribution is 7.26. The van der Waals surface area contributed by atoms with Gasteiger partial charge in [-0.05, 0) is 6.92 Å². The van der Waals surface area contributed by atoms with E-state index in [1.807, 2.05) is 0 Å². The molecule has 9 heteroatoms. The van der Waals surface area contributed by atoms with Crippen molar-refractivity contribution in [3.05, 3.63) is 0 Å². The highest BCUT2D eigenvalue weighted by Gasteiger charge is 2.47. The van der Waals surface area contributed by atoms with Gasteiger partial charge in [0.1, 0.15) is 0 Å². The molecule has 3 atom stereocenters. The Morgan fingerprint density at radius 2 is 1.89 bits per heavy atom. The van der Waals surface area contributed by atoms with Crippen LogP contribution in [0.3, 0.4) is 0 Å². The average molecular weight is 300 g/mol. The Balaban J connectivity index is 1.83. The Labute approximate surface area is 110 Å². The zero-order valence-electron chi connectivity index (χ0n) is 10.3. The van der Waals surface area contributed by atoms with Gasteiger partial charge in [-0.15, -0.1) is 0 Å². The van der Waals surface area contributed by atoms with Crippen LogP contribution in [-0.2, 0) is 32.3 Å². The van der Waals surface area contributed by atoms with E-state index in [-0.39, 0.29) is 31.2 Å². The second kappa shape index (κ2) is 7.39. The normalized spacial score (nSPS) is 37.3. The Hall–Kier alpha value is 0.580. The minimum atomic E-state index is -0.446. The van der Waals surface area contributed by atoms with Crippen molar-refractivity contribution < 1.29 is 32.3 Å². The first-order valence-electron chi connectivity index (χ1n) is 5.54. The molecule has 2 fully saturated rings. The predicted molar refractivity (Wildman–Crippen MR) is 65.3 cm³/mol. The lowest BCUT2D eigenvalue weighted by Crippen LogP contribution is -2.51. The molecule has 0 radical (unpaired) electrons. The van der Waals surface area contributed by atoms with Crippen LogP contribution >= 0.6 is 18.1 Å². The van der Waals surface area contributed by atoms with E-state index in [9.17, 15) is 0 Å². The van der Waals surface area contributed by atoms with Crippen molar-refractivity contribution in [2.24, 2.45) is 5.41 Å². The number of methoxy groups -OCH3 is 1. The molecule has 0 aliphatic carbocycles. The lowest BCUT2D eigenvalue weighted by Gasteiger charge is -2.43. The fourth-order valence-electron chi connectivity index (χ4n) is 1.57. The Morgan fingerprint density at radius 3 is 2.56 bits per heavy atom. The van der Waals surface area contributed by atoms with Gasteiger partial charge in [-0.25, -0.2) is 0 Å². The lowest BCUT2D eigenvalue weighted by molar-refractivity contribution is -0.267. The molecule has 3 unspecified atom stereocenters. The molecule has 0 aromatic heterocycles. The third-order valence-corrected chi connectivity index (χ3v) is 3.86. The average Bonchev–Trinajstić information content (AvgIpc) is 2.42. The van der Waals surface area contributed by atoms with E-state index < -0.39 is 11.7 Å². The third kappa shape index (κ3) is 3.79. The summed E-state index contributed by atoms with van der Waals surface area (Å²) >= 11 is 0. The van der Waals surface area contributed by atoms with Crippen molar-refractivity contribution in [1.29, 1.82) is 0 Å². The molecule has 2 saturated heterocycles. The van der Waals surface area contributed by atoms with E-state index in [0.717, 1.165) is 0 Å². The summed E-state index contributed by atoms with van der Waals surface area (Å²) in [6.45, 7) is 3.38. The van der Waals surface area contributed by atoms with Gasteiger partial charge in [-0.2, -0.15) is 0 Å². The molecule has 106 valence electrons. The highest BCUT2D eigenvalue weighted by atomic mass is 31.1. The number of hydrogen-bond acceptors (Lipinski definition) is 7. The maximum absolute atomic E-state index is 5.59. The molecule has 0 bridgehead atoms. The van der Waals surface area contributed by atoms with Gasteiger partial charge in [0, 0.05) is 7.11 Å². The van der Waals surface area contributed by atoms with Gasteiger partial charge in [-0.1, -0.05) is 0 Å². The summed E-state index contributed by atoms with van der Waals surface area (Å²) in [6.07, 6.45) is -0.762. The van der Waals surface area contributed by atoms with Gasteiger partial charge in [0.15, 0.2) is 37.4 Å². The first-order valence-corrected chi connectivity index (χ1v) is 7.17. The summed E-state index contributed by atoms with van der Waals surface area (Å²) in [5.41, 5.74) is -0.407. The molecule has 0 amide bonds. The minimum Gasteiger partial charge on any atom is -0.356 e. The van der Waals surface area contributed by atoms with Gasteiger partial charge in [0.2, 0.25) is 0 Å². The number of ether oxygens (including phenoxy) is 3. The molecule has 2 aliphatic rings. The fourth-order valence-corrected chi connectivity index (χ4v) is 3.16. The Bertz CT molecular complexity index is 241. The summed E-state index contributed by atoms with van der Waals surface area (Å²) in [4.78, 5) is 0. The zero-order valence-corrected chi connectivity index (χ0v) is 12.3. The fraction of sp³-hybridized carbons (Fsp3) is 1.00. The van der Waals surface area contributed by atoms with Crippen LogP contribution in [0.25, 0.3) is 0 Å². The molecular weight excluding hydrogens is 282 g/mol. The van der Waals surface area contributed by atoms with Crippen molar-refractivity contribution in [3.63, 3.8) is 0 Å². The van der Waals surface area contributed by atoms with Gasteiger partial charge < -0.3 is 32.3 Å². The second-order valence-corrected chi connectivity index (χ2v) is 5.53. The Kier molecular flexibility index (Phi) is 6.15. The monoisotopic (exact) mass is 300 g/mol. The predicted octanol–water partition coefficient (Wildman–Crippen LogP) is 1.39. The van der Waals surface area contributed by atoms with Crippen molar-refractivity contribution in [2.45, 2.75) is 19.5 Å². The van der Waals surface area contributed by atoms with Gasteiger partial charge in [0.25, 0.3) is 0 Å². The van der Waals surface area contributed by atoms with Gasteiger partial charge in [-0.3, -0.25) is 0 Å². The molecule has 2 heterocycles. The topological polar surface area (TPSA) is 64.6 Å². The van der Waals surface area contributed by atoms with E-state index >= 15 is 0 Å². The van der Waals surface area contributed by atoms with Crippen molar-refractivity contribution in [3.8, 4) is 0 Å². The molecular formula is C9H18O7P2. The quantitative estimate of drug-likeness (QED) is 0.561. The van der Waals surface area contributed by atoms with E-state index in [1.165, 1.54) is 0 Å². The Morgan fingerprint density at radius 1 is 1.22 bits per heavy atom. The largest absolute Gasteiger partial charge is 0.356 e. The maximum Gasteiger partial charge on any atom is 0.178 e. The van der Waals surface area contributed by atoms with Crippen LogP contribution in [-0.4, -0.2) is 46.3 Å². The summed E-state index contributed by atoms with van der Waals surface area (Å²) in [5, 5.41) is 0. The van der Waals surface area contributed by atoms with Crippen molar-refractivity contribution >= 4 is 18.1 Å². The molecule has 18 heavy (non-hydrogen) atoms. The molecule has 0 saturated carbocycles. The molecule has 0 N–H and O–H groups in total. The zero-order chi connectivity index (χ0) is 12.8. The van der Waals surface area contributed by atoms with Gasteiger partial charge in [0.05, 0.1) is 25.2 Å². The lowest BCUT2D eigenvalue weighted by atomic mass is 9.90. The minimum absolute atomic E-state index is 0.0343. The molecule has 7 nitrogen and oxygen atoms in total. The number of rotatable bonds is 5. The second-order valence-electron chi connectivity index (χ2n) is 4.10. The van der Waals surface area contributed by atoms with Crippen LogP contribution in [0.2, 0.25) is 0 Å². The van der Waals surface area contributed by atoms with Crippen LogP contribution in [0.4, 0.5) is 0 Å². The standard InChI is InChI=1S/C9H18O7P2/c1-7(10-2)11-6-12-8-9(5-15-18-16-8)3-13-17-14-4-9/h7-8,17-18H,3-6H2,1-2H3. The first kappa shape index (κ1) is 15.0. The molecule has 2 rings (SSSR count). The SMILES string of the molecule is COC(C)OCOC1OPOCC12COPOC2. The first-order chi connectivity index (χ1) is 8.77. The van der Waals surface area contributed by atoms with Crippen LogP contribution in [0.1, 0.15) is 6.92 Å². The molecule has 1 spiro atoms. The van der Waals surface area contributed by atoms with E-state index in [0.29, 0.717) is 19.8 Å². The summed E-state index contributed by atoms with van der Waals surface area (Å²) in [7, 11) is 1.61. The van der Waals surface area contributed by atoms with Gasteiger partial charge >= 0.3 is 0 Å². The summed E-state index contributed by atoms with van der Waals surface area (Å²) in [6, 6.07) is 0. The molecule has 0 aromatic rings. The van der Waals surface area contributed by atoms with Crippen molar-refractivity contribution in [1.82, 2.24) is 0 Å². The molecule has 0 aromatic carbocycles. The van der Waals surface area contributed by atoms with Crippen LogP contribution in [0, 0.1) is 5.41 Å². The maximum atomic E-state index is 5.59. The smallest absolute Gasteiger partial charge is 0.178 e. The highest BCUT2D eigenvalue weighted by Crippen LogP contribution is 2.43. The third-order valence-electron chi connectivity index (χ3n) is 2.76. The number of hydrogen-bond donors (Lipinski definition) is 0.